The molecule has 0 heterocycles. The number of hydrogen-bond donors (Lipinski definition) is 1. The lowest BCUT2D eigenvalue weighted by molar-refractivity contribution is -0.248. The summed E-state index contributed by atoms with van der Waals surface area (Å²) < 4.78 is 5.25. The van der Waals surface area contributed by atoms with Gasteiger partial charge in [-0.2, -0.15) is 0 Å². The molecule has 0 saturated heterocycles. The molecule has 0 amide bonds. The second kappa shape index (κ2) is 2.71. The van der Waals surface area contributed by atoms with E-state index in [0.717, 1.165) is 18.3 Å². The van der Waals surface area contributed by atoms with E-state index in [0.29, 0.717) is 6.42 Å². The van der Waals surface area contributed by atoms with E-state index < -0.39 is 11.2 Å². The third-order valence-corrected chi connectivity index (χ3v) is 4.79. The molecule has 0 spiro atoms. The summed E-state index contributed by atoms with van der Waals surface area (Å²) in [6.45, 7) is 7.96. The maximum absolute atomic E-state index is 11.4. The van der Waals surface area contributed by atoms with Gasteiger partial charge in [0.1, 0.15) is 6.29 Å². The fraction of sp³-hybridized carbons (Fsp3) is 0.750. The molecule has 0 aromatic carbocycles. The molecule has 3 nitrogen and oxygen atoms in total. The Kier molecular flexibility index (Phi) is 1.96. The zero-order valence-corrected chi connectivity index (χ0v) is 9.54. The summed E-state index contributed by atoms with van der Waals surface area (Å²) in [5, 5.41) is 10.5. The molecule has 84 valence electrons. The van der Waals surface area contributed by atoms with E-state index in [9.17, 15) is 9.90 Å². The van der Waals surface area contributed by atoms with Gasteiger partial charge in [-0.15, -0.1) is 0 Å². The molecule has 0 aromatic rings. The first-order valence-electron chi connectivity index (χ1n) is 5.30. The van der Waals surface area contributed by atoms with Gasteiger partial charge in [-0.1, -0.05) is 26.0 Å². The van der Waals surface area contributed by atoms with Crippen LogP contribution in [0.2, 0.25) is 0 Å². The van der Waals surface area contributed by atoms with E-state index in [-0.39, 0.29) is 11.3 Å². The van der Waals surface area contributed by atoms with Crippen LogP contribution in [0.3, 0.4) is 0 Å². The summed E-state index contributed by atoms with van der Waals surface area (Å²) in [6, 6.07) is 0. The van der Waals surface area contributed by atoms with Crippen molar-refractivity contribution in [3.63, 3.8) is 0 Å². The number of carbonyl (C=O) groups is 1. The summed E-state index contributed by atoms with van der Waals surface area (Å²) in [6.07, 6.45) is 2.33. The fourth-order valence-electron chi connectivity index (χ4n) is 3.57. The van der Waals surface area contributed by atoms with Crippen LogP contribution < -0.4 is 0 Å². The molecule has 2 fully saturated rings. The van der Waals surface area contributed by atoms with E-state index in [1.807, 2.05) is 13.8 Å². The van der Waals surface area contributed by atoms with Crippen LogP contribution in [0.1, 0.15) is 26.7 Å². The lowest BCUT2D eigenvalue weighted by atomic mass is 9.63. The molecule has 0 unspecified atom stereocenters. The van der Waals surface area contributed by atoms with Gasteiger partial charge in [0.2, 0.25) is 0 Å². The lowest BCUT2D eigenvalue weighted by Gasteiger charge is -2.42. The van der Waals surface area contributed by atoms with Gasteiger partial charge in [0.05, 0.1) is 5.41 Å². The van der Waals surface area contributed by atoms with Crippen molar-refractivity contribution in [2.24, 2.45) is 16.7 Å². The zero-order chi connectivity index (χ0) is 11.5. The second-order valence-corrected chi connectivity index (χ2v) is 5.23. The van der Waals surface area contributed by atoms with Crippen molar-refractivity contribution in [3.05, 3.63) is 12.2 Å². The Labute approximate surface area is 90.1 Å². The highest BCUT2D eigenvalue weighted by Gasteiger charge is 2.74. The van der Waals surface area contributed by atoms with Crippen LogP contribution in [0.25, 0.3) is 0 Å². The van der Waals surface area contributed by atoms with Gasteiger partial charge in [-0.3, -0.25) is 0 Å². The quantitative estimate of drug-likeness (QED) is 0.427. The van der Waals surface area contributed by atoms with Gasteiger partial charge in [0, 0.05) is 18.4 Å². The highest BCUT2D eigenvalue weighted by atomic mass is 16.6. The predicted molar refractivity (Wildman–Crippen MR) is 56.1 cm³/mol. The van der Waals surface area contributed by atoms with Crippen molar-refractivity contribution in [3.8, 4) is 0 Å². The Morgan fingerprint density at radius 3 is 2.60 bits per heavy atom. The van der Waals surface area contributed by atoms with E-state index in [4.69, 9.17) is 4.74 Å². The lowest BCUT2D eigenvalue weighted by Crippen LogP contribution is -2.51. The number of methoxy groups -OCH3 is 1. The molecule has 1 N–H and O–H groups in total. The summed E-state index contributed by atoms with van der Waals surface area (Å²) >= 11 is 0. The van der Waals surface area contributed by atoms with Gasteiger partial charge < -0.3 is 14.6 Å². The van der Waals surface area contributed by atoms with Gasteiger partial charge in [-0.05, 0) is 12.8 Å². The van der Waals surface area contributed by atoms with Crippen molar-refractivity contribution in [1.29, 1.82) is 0 Å². The Balaban J connectivity index is 2.64. The van der Waals surface area contributed by atoms with E-state index >= 15 is 0 Å². The van der Waals surface area contributed by atoms with Crippen molar-refractivity contribution in [1.82, 2.24) is 0 Å². The highest BCUT2D eigenvalue weighted by Crippen LogP contribution is 2.70. The average molecular weight is 210 g/mol. The van der Waals surface area contributed by atoms with Crippen LogP contribution in [0.15, 0.2) is 12.2 Å². The number of carbonyl (C=O) groups excluding carboxylic acids is 1. The average Bonchev–Trinajstić information content (AvgIpc) is 2.56. The number of aliphatic hydroxyl groups is 1. The van der Waals surface area contributed by atoms with Crippen LogP contribution in [0.4, 0.5) is 0 Å². The van der Waals surface area contributed by atoms with Crippen LogP contribution in [-0.2, 0) is 9.53 Å². The third-order valence-electron chi connectivity index (χ3n) is 4.79. The Morgan fingerprint density at radius 2 is 2.20 bits per heavy atom. The van der Waals surface area contributed by atoms with Gasteiger partial charge in [-0.25, -0.2) is 0 Å². The number of rotatable bonds is 2. The van der Waals surface area contributed by atoms with Crippen LogP contribution in [0, 0.1) is 16.7 Å². The number of hydrogen-bond acceptors (Lipinski definition) is 3. The Bertz CT molecular complexity index is 334. The minimum Gasteiger partial charge on any atom is -0.364 e. The van der Waals surface area contributed by atoms with Gasteiger partial charge >= 0.3 is 0 Å². The van der Waals surface area contributed by atoms with E-state index in [2.05, 4.69) is 6.58 Å². The van der Waals surface area contributed by atoms with Crippen molar-refractivity contribution < 1.29 is 14.6 Å². The van der Waals surface area contributed by atoms with Crippen LogP contribution in [-0.4, -0.2) is 24.3 Å². The monoisotopic (exact) mass is 210 g/mol. The molecule has 15 heavy (non-hydrogen) atoms. The summed E-state index contributed by atoms with van der Waals surface area (Å²) in [7, 11) is 1.46. The first-order valence-corrected chi connectivity index (χ1v) is 5.30. The predicted octanol–water partition coefficient (Wildman–Crippen LogP) is 1.51. The van der Waals surface area contributed by atoms with Crippen molar-refractivity contribution in [2.45, 2.75) is 32.5 Å². The molecule has 2 rings (SSSR count). The molecule has 3 heteroatoms. The highest BCUT2D eigenvalue weighted by molar-refractivity contribution is 5.68. The molecular weight excluding hydrogens is 192 g/mol. The van der Waals surface area contributed by atoms with E-state index in [1.165, 1.54) is 7.11 Å². The fourth-order valence-corrected chi connectivity index (χ4v) is 3.57. The third kappa shape index (κ3) is 0.833. The van der Waals surface area contributed by atoms with Crippen molar-refractivity contribution in [2.75, 3.05) is 7.11 Å². The van der Waals surface area contributed by atoms with Gasteiger partial charge in [0.15, 0.2) is 5.79 Å². The molecule has 0 aliphatic heterocycles. The number of ether oxygens (including phenoxy) is 1. The molecule has 2 bridgehead atoms. The maximum Gasteiger partial charge on any atom is 0.184 e. The van der Waals surface area contributed by atoms with Crippen LogP contribution in [0.5, 0.6) is 0 Å². The van der Waals surface area contributed by atoms with Crippen molar-refractivity contribution >= 4 is 6.29 Å². The first kappa shape index (κ1) is 10.8. The Morgan fingerprint density at radius 1 is 1.60 bits per heavy atom. The minimum absolute atomic E-state index is 0.109. The Hall–Kier alpha value is -0.670. The SMILES string of the molecule is C=C1[C@H]2CC[C@@](C=O)(C1(C)C)[C@]2(O)OC. The van der Waals surface area contributed by atoms with E-state index in [1.54, 1.807) is 0 Å². The molecule has 2 aliphatic rings. The molecule has 0 radical (unpaired) electrons. The molecular formula is C12H18O3. The smallest absolute Gasteiger partial charge is 0.184 e. The molecule has 2 aliphatic carbocycles. The number of aldehydes is 1. The van der Waals surface area contributed by atoms with Gasteiger partial charge in [0.25, 0.3) is 0 Å². The topological polar surface area (TPSA) is 46.5 Å². The molecule has 0 aromatic heterocycles. The largest absolute Gasteiger partial charge is 0.364 e. The maximum atomic E-state index is 11.4. The summed E-state index contributed by atoms with van der Waals surface area (Å²) in [5.41, 5.74) is -0.274. The zero-order valence-electron chi connectivity index (χ0n) is 9.54. The summed E-state index contributed by atoms with van der Waals surface area (Å²) in [4.78, 5) is 11.4. The normalized spacial score (nSPS) is 47.2. The summed E-state index contributed by atoms with van der Waals surface area (Å²) in [5.74, 6) is -1.46. The number of fused-ring (bicyclic) bond motifs is 2. The standard InChI is InChI=1S/C12H18O3/c1-8-9-5-6-11(7-13,10(8,2)3)12(9,14)15-4/h7,9,14H,1,5-6H2,2-4H3/t9-,11-,12-/m1/s1. The van der Waals surface area contributed by atoms with Crippen LogP contribution >= 0.6 is 0 Å². The molecule has 3 atom stereocenters. The second-order valence-electron chi connectivity index (χ2n) is 5.23. The minimum atomic E-state index is -1.35. The molecule has 2 saturated carbocycles. The first-order chi connectivity index (χ1) is 6.87.